The zero-order valence-electron chi connectivity index (χ0n) is 12.8. The van der Waals surface area contributed by atoms with E-state index in [4.69, 9.17) is 14.4 Å². The van der Waals surface area contributed by atoms with Crippen LogP contribution in [0.1, 0.15) is 27.6 Å². The maximum Gasteiger partial charge on any atom is 0.293 e. The summed E-state index contributed by atoms with van der Waals surface area (Å²) in [5.74, 6) is 0.904. The Labute approximate surface area is 142 Å². The van der Waals surface area contributed by atoms with Crippen LogP contribution in [0.4, 0.5) is 5.13 Å². The summed E-state index contributed by atoms with van der Waals surface area (Å²) in [6.45, 7) is 2.02. The molecule has 0 aliphatic heterocycles. The highest BCUT2D eigenvalue weighted by molar-refractivity contribution is 7.13. The van der Waals surface area contributed by atoms with Crippen molar-refractivity contribution in [2.24, 2.45) is 0 Å². The topological polar surface area (TPSA) is 88.1 Å². The van der Waals surface area contributed by atoms with Gasteiger partial charge in [-0.3, -0.25) is 10.1 Å². The molecule has 7 heteroatoms. The van der Waals surface area contributed by atoms with Crippen molar-refractivity contribution in [3.8, 4) is 11.8 Å². The highest BCUT2D eigenvalue weighted by atomic mass is 32.1. The van der Waals surface area contributed by atoms with E-state index in [0.717, 1.165) is 5.69 Å². The van der Waals surface area contributed by atoms with Gasteiger partial charge in [0.25, 0.3) is 5.91 Å². The first-order chi connectivity index (χ1) is 11.6. The number of nitriles is 1. The summed E-state index contributed by atoms with van der Waals surface area (Å²) in [4.78, 5) is 16.2. The van der Waals surface area contributed by atoms with Crippen LogP contribution >= 0.6 is 11.3 Å². The van der Waals surface area contributed by atoms with Gasteiger partial charge in [-0.05, 0) is 37.3 Å². The molecule has 1 amide bonds. The Morgan fingerprint density at radius 2 is 2.29 bits per heavy atom. The third kappa shape index (κ3) is 3.80. The Hall–Kier alpha value is -3.11. The SMILES string of the molecule is Cc1csc(NC(=O)c2ccc(COc3cccc(C#N)c3)o2)n1. The molecule has 120 valence electrons. The lowest BCUT2D eigenvalue weighted by Crippen LogP contribution is -2.10. The van der Waals surface area contributed by atoms with Gasteiger partial charge in [0.05, 0.1) is 17.3 Å². The quantitative estimate of drug-likeness (QED) is 0.765. The summed E-state index contributed by atoms with van der Waals surface area (Å²) < 4.78 is 11.0. The van der Waals surface area contributed by atoms with Crippen LogP contribution in [0.15, 0.2) is 46.2 Å². The molecule has 0 aliphatic carbocycles. The fourth-order valence-corrected chi connectivity index (χ4v) is 2.64. The minimum Gasteiger partial charge on any atom is -0.486 e. The second-order valence-electron chi connectivity index (χ2n) is 4.94. The predicted octanol–water partition coefficient (Wildman–Crippen LogP) is 3.75. The Kier molecular flexibility index (Phi) is 4.59. The molecule has 24 heavy (non-hydrogen) atoms. The molecule has 1 N–H and O–H groups in total. The largest absolute Gasteiger partial charge is 0.486 e. The molecular formula is C17H13N3O3S. The number of ether oxygens (including phenoxy) is 1. The molecule has 2 aromatic heterocycles. The number of rotatable bonds is 5. The predicted molar refractivity (Wildman–Crippen MR) is 89.0 cm³/mol. The first-order valence-corrected chi connectivity index (χ1v) is 7.97. The molecule has 3 aromatic rings. The van der Waals surface area contributed by atoms with Crippen molar-refractivity contribution in [1.82, 2.24) is 4.98 Å². The van der Waals surface area contributed by atoms with E-state index in [1.807, 2.05) is 18.4 Å². The molecule has 0 radical (unpaired) electrons. The third-order valence-electron chi connectivity index (χ3n) is 3.07. The molecule has 3 rings (SSSR count). The van der Waals surface area contributed by atoms with E-state index in [1.54, 1.807) is 36.4 Å². The van der Waals surface area contributed by atoms with Crippen molar-refractivity contribution in [3.05, 3.63) is 64.6 Å². The summed E-state index contributed by atoms with van der Waals surface area (Å²) in [7, 11) is 0. The van der Waals surface area contributed by atoms with Gasteiger partial charge < -0.3 is 9.15 Å². The molecule has 0 saturated carbocycles. The number of furan rings is 1. The third-order valence-corrected chi connectivity index (χ3v) is 3.94. The average molecular weight is 339 g/mol. The Morgan fingerprint density at radius 3 is 3.04 bits per heavy atom. The number of benzene rings is 1. The summed E-state index contributed by atoms with van der Waals surface area (Å²) in [6.07, 6.45) is 0. The maximum absolute atomic E-state index is 12.1. The van der Waals surface area contributed by atoms with Crippen molar-refractivity contribution in [1.29, 1.82) is 5.26 Å². The Morgan fingerprint density at radius 1 is 1.42 bits per heavy atom. The number of amides is 1. The van der Waals surface area contributed by atoms with Gasteiger partial charge in [0.1, 0.15) is 18.1 Å². The van der Waals surface area contributed by atoms with Gasteiger partial charge in [0.2, 0.25) is 0 Å². The van der Waals surface area contributed by atoms with E-state index in [-0.39, 0.29) is 18.3 Å². The number of nitrogens with one attached hydrogen (secondary N) is 1. The van der Waals surface area contributed by atoms with E-state index in [1.165, 1.54) is 11.3 Å². The van der Waals surface area contributed by atoms with Crippen molar-refractivity contribution in [2.75, 3.05) is 5.32 Å². The van der Waals surface area contributed by atoms with E-state index in [0.29, 0.717) is 22.2 Å². The lowest BCUT2D eigenvalue weighted by atomic mass is 10.2. The first kappa shape index (κ1) is 15.8. The van der Waals surface area contributed by atoms with Crippen LogP contribution in [0, 0.1) is 18.3 Å². The van der Waals surface area contributed by atoms with Gasteiger partial charge >= 0.3 is 0 Å². The Balaban J connectivity index is 1.60. The lowest BCUT2D eigenvalue weighted by molar-refractivity contribution is 0.0992. The second-order valence-corrected chi connectivity index (χ2v) is 5.80. The molecule has 0 bridgehead atoms. The van der Waals surface area contributed by atoms with Crippen LogP contribution in [0.2, 0.25) is 0 Å². The van der Waals surface area contributed by atoms with Crippen molar-refractivity contribution < 1.29 is 13.9 Å². The van der Waals surface area contributed by atoms with Crippen LogP contribution in [-0.2, 0) is 6.61 Å². The van der Waals surface area contributed by atoms with Crippen molar-refractivity contribution >= 4 is 22.4 Å². The smallest absolute Gasteiger partial charge is 0.293 e. The van der Waals surface area contributed by atoms with Crippen LogP contribution < -0.4 is 10.1 Å². The summed E-state index contributed by atoms with van der Waals surface area (Å²) in [5, 5.41) is 13.9. The van der Waals surface area contributed by atoms with E-state index < -0.39 is 0 Å². The molecule has 0 fully saturated rings. The highest BCUT2D eigenvalue weighted by Gasteiger charge is 2.13. The van der Waals surface area contributed by atoms with Crippen molar-refractivity contribution in [2.45, 2.75) is 13.5 Å². The average Bonchev–Trinajstić information content (AvgIpc) is 3.22. The van der Waals surface area contributed by atoms with Crippen LogP contribution in [0.5, 0.6) is 5.75 Å². The van der Waals surface area contributed by atoms with Crippen LogP contribution in [0.3, 0.4) is 0 Å². The molecule has 1 aromatic carbocycles. The molecular weight excluding hydrogens is 326 g/mol. The number of nitrogens with zero attached hydrogens (tertiary/aromatic N) is 2. The van der Waals surface area contributed by atoms with Gasteiger partial charge in [-0.15, -0.1) is 11.3 Å². The number of hydrogen-bond acceptors (Lipinski definition) is 6. The fourth-order valence-electron chi connectivity index (χ4n) is 1.96. The van der Waals surface area contributed by atoms with Crippen LogP contribution in [-0.4, -0.2) is 10.9 Å². The monoisotopic (exact) mass is 339 g/mol. The first-order valence-electron chi connectivity index (χ1n) is 7.09. The number of carbonyl (C=O) groups excluding carboxylic acids is 1. The summed E-state index contributed by atoms with van der Waals surface area (Å²) in [6, 6.07) is 12.1. The standard InChI is InChI=1S/C17H13N3O3S/c1-11-10-24-17(19-11)20-16(21)15-6-5-14(23-15)9-22-13-4-2-3-12(7-13)8-18/h2-7,10H,9H2,1H3,(H,19,20,21). The van der Waals surface area contributed by atoms with Crippen molar-refractivity contribution in [3.63, 3.8) is 0 Å². The number of aryl methyl sites for hydroxylation is 1. The number of carbonyl (C=O) groups is 1. The number of aromatic nitrogens is 1. The zero-order chi connectivity index (χ0) is 16.9. The minimum atomic E-state index is -0.359. The normalized spacial score (nSPS) is 10.2. The number of thiazole rings is 1. The Bertz CT molecular complexity index is 908. The van der Waals surface area contributed by atoms with Gasteiger partial charge in [-0.1, -0.05) is 6.07 Å². The van der Waals surface area contributed by atoms with Crippen LogP contribution in [0.25, 0.3) is 0 Å². The van der Waals surface area contributed by atoms with E-state index in [2.05, 4.69) is 10.3 Å². The second kappa shape index (κ2) is 6.98. The minimum absolute atomic E-state index is 0.165. The molecule has 0 saturated heterocycles. The summed E-state index contributed by atoms with van der Waals surface area (Å²) >= 11 is 1.35. The lowest BCUT2D eigenvalue weighted by Gasteiger charge is -2.04. The molecule has 0 unspecified atom stereocenters. The molecule has 2 heterocycles. The number of hydrogen-bond donors (Lipinski definition) is 1. The summed E-state index contributed by atoms with van der Waals surface area (Å²) in [5.41, 5.74) is 1.37. The van der Waals surface area contributed by atoms with E-state index in [9.17, 15) is 4.79 Å². The van der Waals surface area contributed by atoms with Gasteiger partial charge in [0.15, 0.2) is 10.9 Å². The highest BCUT2D eigenvalue weighted by Crippen LogP contribution is 2.18. The number of anilines is 1. The molecule has 0 atom stereocenters. The van der Waals surface area contributed by atoms with Gasteiger partial charge in [-0.25, -0.2) is 4.98 Å². The molecule has 6 nitrogen and oxygen atoms in total. The molecule has 0 spiro atoms. The fraction of sp³-hybridized carbons (Fsp3) is 0.118. The zero-order valence-corrected chi connectivity index (χ0v) is 13.6. The molecule has 0 aliphatic rings. The van der Waals surface area contributed by atoms with Gasteiger partial charge in [0, 0.05) is 5.38 Å². The van der Waals surface area contributed by atoms with E-state index >= 15 is 0 Å². The maximum atomic E-state index is 12.1. The van der Waals surface area contributed by atoms with Gasteiger partial charge in [-0.2, -0.15) is 5.26 Å².